The first kappa shape index (κ1) is 14.4. The summed E-state index contributed by atoms with van der Waals surface area (Å²) in [5.74, 6) is 2.35. The van der Waals surface area contributed by atoms with Crippen molar-refractivity contribution in [1.82, 2.24) is 25.5 Å². The van der Waals surface area contributed by atoms with E-state index in [1.54, 1.807) is 0 Å². The second-order valence-electron chi connectivity index (χ2n) is 6.29. The van der Waals surface area contributed by atoms with Crippen LogP contribution in [0.1, 0.15) is 71.3 Å². The van der Waals surface area contributed by atoms with Crippen LogP contribution in [0.25, 0.3) is 0 Å². The first-order chi connectivity index (χ1) is 9.09. The Hall–Kier alpha value is -0.970. The van der Waals surface area contributed by atoms with Crippen molar-refractivity contribution in [1.29, 1.82) is 0 Å². The molecule has 0 bridgehead atoms. The van der Waals surface area contributed by atoms with Gasteiger partial charge in [-0.2, -0.15) is 0 Å². The molecule has 1 aromatic heterocycles. The van der Waals surface area contributed by atoms with E-state index in [2.05, 4.69) is 48.5 Å². The highest BCUT2D eigenvalue weighted by molar-refractivity contribution is 4.93. The minimum absolute atomic E-state index is 0.209. The maximum atomic E-state index is 4.23. The average Bonchev–Trinajstić information content (AvgIpc) is 3.05. The van der Waals surface area contributed by atoms with Crippen LogP contribution >= 0.6 is 0 Å². The molecule has 0 saturated heterocycles. The zero-order chi connectivity index (χ0) is 13.8. The summed E-state index contributed by atoms with van der Waals surface area (Å²) in [6.45, 7) is 9.82. The third-order valence-electron chi connectivity index (χ3n) is 4.21. The summed E-state index contributed by atoms with van der Waals surface area (Å²) in [5.41, 5.74) is 0. The van der Waals surface area contributed by atoms with Gasteiger partial charge in [0.05, 0.1) is 12.1 Å². The number of hydrogen-bond acceptors (Lipinski definition) is 4. The highest BCUT2D eigenvalue weighted by Crippen LogP contribution is 2.34. The molecule has 0 radical (unpaired) electrons. The zero-order valence-corrected chi connectivity index (χ0v) is 12.6. The van der Waals surface area contributed by atoms with Crippen LogP contribution in [0.2, 0.25) is 0 Å². The molecule has 2 atom stereocenters. The second kappa shape index (κ2) is 6.46. The van der Waals surface area contributed by atoms with Crippen molar-refractivity contribution in [3.8, 4) is 0 Å². The fourth-order valence-electron chi connectivity index (χ4n) is 2.92. The van der Waals surface area contributed by atoms with Crippen LogP contribution in [0.15, 0.2) is 0 Å². The molecule has 5 heteroatoms. The molecule has 1 aliphatic carbocycles. The fourth-order valence-corrected chi connectivity index (χ4v) is 2.92. The molecule has 0 amide bonds. The molecule has 0 aromatic carbocycles. The Labute approximate surface area is 116 Å². The molecule has 2 rings (SSSR count). The van der Waals surface area contributed by atoms with Crippen LogP contribution in [0.3, 0.4) is 0 Å². The van der Waals surface area contributed by atoms with Gasteiger partial charge in [0.2, 0.25) is 0 Å². The first-order valence-electron chi connectivity index (χ1n) is 7.60. The highest BCUT2D eigenvalue weighted by Gasteiger charge is 2.27. The summed E-state index contributed by atoms with van der Waals surface area (Å²) in [6, 6.07) is 0.622. The van der Waals surface area contributed by atoms with E-state index in [-0.39, 0.29) is 6.04 Å². The van der Waals surface area contributed by atoms with Crippen molar-refractivity contribution in [3.63, 3.8) is 0 Å². The Morgan fingerprint density at radius 2 is 1.89 bits per heavy atom. The van der Waals surface area contributed by atoms with Crippen molar-refractivity contribution >= 4 is 0 Å². The number of aromatic nitrogens is 4. The second-order valence-corrected chi connectivity index (χ2v) is 6.29. The van der Waals surface area contributed by atoms with E-state index in [4.69, 9.17) is 0 Å². The Balaban J connectivity index is 2.03. The van der Waals surface area contributed by atoms with E-state index in [9.17, 15) is 0 Å². The van der Waals surface area contributed by atoms with E-state index in [0.29, 0.717) is 12.0 Å². The molecule has 1 N–H and O–H groups in total. The molecule has 19 heavy (non-hydrogen) atoms. The molecule has 1 fully saturated rings. The van der Waals surface area contributed by atoms with Gasteiger partial charge in [-0.1, -0.05) is 26.7 Å². The maximum absolute atomic E-state index is 4.23. The lowest BCUT2D eigenvalue weighted by Crippen LogP contribution is -2.28. The van der Waals surface area contributed by atoms with Crippen LogP contribution < -0.4 is 5.32 Å². The van der Waals surface area contributed by atoms with Crippen molar-refractivity contribution in [2.45, 2.75) is 65.5 Å². The van der Waals surface area contributed by atoms with Crippen molar-refractivity contribution < 1.29 is 0 Å². The number of hydrogen-bond donors (Lipinski definition) is 1. The van der Waals surface area contributed by atoms with Crippen molar-refractivity contribution in [2.24, 2.45) is 11.8 Å². The summed E-state index contributed by atoms with van der Waals surface area (Å²) in [4.78, 5) is 0. The molecule has 1 aromatic rings. The third-order valence-corrected chi connectivity index (χ3v) is 4.21. The fraction of sp³-hybridized carbons (Fsp3) is 0.929. The summed E-state index contributed by atoms with van der Waals surface area (Å²) < 4.78 is 2.04. The van der Waals surface area contributed by atoms with Gasteiger partial charge in [-0.05, 0) is 55.5 Å². The summed E-state index contributed by atoms with van der Waals surface area (Å²) in [6.07, 6.45) is 5.34. The number of rotatable bonds is 6. The maximum Gasteiger partial charge on any atom is 0.168 e. The Bertz CT molecular complexity index is 381. The molecular formula is C14H27N5. The Morgan fingerprint density at radius 3 is 2.53 bits per heavy atom. The number of nitrogens with zero attached hydrogens (tertiary/aromatic N) is 4. The topological polar surface area (TPSA) is 55.6 Å². The smallest absolute Gasteiger partial charge is 0.168 e. The van der Waals surface area contributed by atoms with Crippen LogP contribution in [0.4, 0.5) is 0 Å². The molecule has 1 saturated carbocycles. The van der Waals surface area contributed by atoms with Crippen LogP contribution in [0.5, 0.6) is 0 Å². The van der Waals surface area contributed by atoms with Crippen LogP contribution in [-0.2, 0) is 0 Å². The molecule has 1 aliphatic rings. The highest BCUT2D eigenvalue weighted by atomic mass is 15.6. The van der Waals surface area contributed by atoms with Gasteiger partial charge >= 0.3 is 0 Å². The van der Waals surface area contributed by atoms with E-state index in [1.165, 1.54) is 25.7 Å². The molecule has 0 spiro atoms. The predicted octanol–water partition coefficient (Wildman–Crippen LogP) is 2.73. The predicted molar refractivity (Wildman–Crippen MR) is 75.7 cm³/mol. The van der Waals surface area contributed by atoms with Gasteiger partial charge in [0.15, 0.2) is 5.82 Å². The molecule has 5 nitrogen and oxygen atoms in total. The van der Waals surface area contributed by atoms with Crippen molar-refractivity contribution in [3.05, 3.63) is 5.82 Å². The van der Waals surface area contributed by atoms with Gasteiger partial charge in [-0.3, -0.25) is 0 Å². The minimum atomic E-state index is 0.209. The molecular weight excluding hydrogens is 238 g/mol. The van der Waals surface area contributed by atoms with Gasteiger partial charge < -0.3 is 5.32 Å². The lowest BCUT2D eigenvalue weighted by molar-refractivity contribution is 0.311. The summed E-state index contributed by atoms with van der Waals surface area (Å²) in [5, 5.41) is 15.8. The standard InChI is InChI=1S/C14H27N5/c1-10(2)9-15-11(3)14-16-17-18-19(14)12(4)13-7-5-6-8-13/h10-13,15H,5-9H2,1-4H3. The van der Waals surface area contributed by atoms with Gasteiger partial charge in [-0.15, -0.1) is 5.10 Å². The monoisotopic (exact) mass is 265 g/mol. The lowest BCUT2D eigenvalue weighted by Gasteiger charge is -2.22. The van der Waals surface area contributed by atoms with E-state index < -0.39 is 0 Å². The normalized spacial score (nSPS) is 20.1. The van der Waals surface area contributed by atoms with Gasteiger partial charge in [0.25, 0.3) is 0 Å². The minimum Gasteiger partial charge on any atom is -0.307 e. The van der Waals surface area contributed by atoms with E-state index >= 15 is 0 Å². The average molecular weight is 265 g/mol. The molecule has 0 aliphatic heterocycles. The molecule has 1 heterocycles. The van der Waals surface area contributed by atoms with Crippen LogP contribution in [-0.4, -0.2) is 26.8 Å². The SMILES string of the molecule is CC(C)CNC(C)c1nnnn1C(C)C1CCCC1. The first-order valence-corrected chi connectivity index (χ1v) is 7.60. The third kappa shape index (κ3) is 3.53. The number of nitrogens with one attached hydrogen (secondary N) is 1. The molecule has 2 unspecified atom stereocenters. The molecule has 108 valence electrons. The Morgan fingerprint density at radius 1 is 1.21 bits per heavy atom. The Kier molecular flexibility index (Phi) is 4.91. The van der Waals surface area contributed by atoms with Gasteiger partial charge in [-0.25, -0.2) is 4.68 Å². The van der Waals surface area contributed by atoms with E-state index in [0.717, 1.165) is 18.3 Å². The van der Waals surface area contributed by atoms with Gasteiger partial charge in [0, 0.05) is 0 Å². The lowest BCUT2D eigenvalue weighted by atomic mass is 10.00. The van der Waals surface area contributed by atoms with Gasteiger partial charge in [0.1, 0.15) is 0 Å². The van der Waals surface area contributed by atoms with E-state index in [1.807, 2.05) is 4.68 Å². The van der Waals surface area contributed by atoms with Crippen LogP contribution in [0, 0.1) is 11.8 Å². The number of tetrazole rings is 1. The van der Waals surface area contributed by atoms with Crippen molar-refractivity contribution in [2.75, 3.05) is 6.54 Å². The summed E-state index contributed by atoms with van der Waals surface area (Å²) >= 11 is 0. The summed E-state index contributed by atoms with van der Waals surface area (Å²) in [7, 11) is 0. The largest absolute Gasteiger partial charge is 0.307 e. The zero-order valence-electron chi connectivity index (χ0n) is 12.6. The quantitative estimate of drug-likeness (QED) is 0.859.